The largest absolute Gasteiger partial charge is 0.447 e. The lowest BCUT2D eigenvalue weighted by atomic mass is 10.1. The molecule has 2 aromatic carbocycles. The first-order chi connectivity index (χ1) is 17.0. The molecule has 0 spiro atoms. The van der Waals surface area contributed by atoms with Crippen LogP contribution in [0.4, 0.5) is 0 Å². The van der Waals surface area contributed by atoms with Gasteiger partial charge in [-0.1, -0.05) is 65.7 Å². The molecule has 2 heterocycles. The number of hydrogen-bond donors (Lipinski definition) is 1. The smallest absolute Gasteiger partial charge is 0.273 e. The summed E-state index contributed by atoms with van der Waals surface area (Å²) in [6.45, 7) is 3.60. The number of carbonyl (C=O) groups is 1. The van der Waals surface area contributed by atoms with Gasteiger partial charge in [0.05, 0.1) is 16.6 Å². The zero-order chi connectivity index (χ0) is 24.6. The van der Waals surface area contributed by atoms with E-state index in [4.69, 9.17) is 27.6 Å². The van der Waals surface area contributed by atoms with E-state index >= 15 is 0 Å². The molecule has 0 saturated heterocycles. The topological polar surface area (TPSA) is 71.3 Å². The highest BCUT2D eigenvalue weighted by molar-refractivity contribution is 6.42. The minimum absolute atomic E-state index is 0.0632. The maximum absolute atomic E-state index is 12.6. The molecule has 1 atom stereocenters. The Balaban J connectivity index is 1.44. The van der Waals surface area contributed by atoms with E-state index < -0.39 is 0 Å². The number of rotatable bonds is 10. The first kappa shape index (κ1) is 24.9. The number of nitrogens with one attached hydrogen (secondary N) is 1. The molecule has 0 aliphatic carbocycles. The summed E-state index contributed by atoms with van der Waals surface area (Å²) in [5.74, 6) is 0.186. The second kappa shape index (κ2) is 12.0. The highest BCUT2D eigenvalue weighted by Gasteiger charge is 2.21. The Kier molecular flexibility index (Phi) is 8.53. The van der Waals surface area contributed by atoms with E-state index in [1.165, 1.54) is 6.26 Å². The summed E-state index contributed by atoms with van der Waals surface area (Å²) in [5.41, 5.74) is 3.34. The minimum atomic E-state index is -0.275. The van der Waals surface area contributed by atoms with Gasteiger partial charge in [0, 0.05) is 37.4 Å². The number of halogens is 2. The molecule has 4 aromatic rings. The highest BCUT2D eigenvalue weighted by Crippen LogP contribution is 2.27. The molecule has 0 fully saturated rings. The number of amides is 1. The summed E-state index contributed by atoms with van der Waals surface area (Å²) < 4.78 is 5.67. The van der Waals surface area contributed by atoms with Crippen LogP contribution in [0.15, 0.2) is 83.6 Å². The molecule has 0 saturated carbocycles. The van der Waals surface area contributed by atoms with E-state index in [1.807, 2.05) is 48.5 Å². The highest BCUT2D eigenvalue weighted by atomic mass is 35.5. The summed E-state index contributed by atoms with van der Waals surface area (Å²) in [6, 6.07) is 21.6. The molecule has 0 radical (unpaired) electrons. The number of hydrogen-bond acceptors (Lipinski definition) is 5. The van der Waals surface area contributed by atoms with Crippen LogP contribution in [0.25, 0.3) is 0 Å². The van der Waals surface area contributed by atoms with Crippen molar-refractivity contribution in [1.82, 2.24) is 20.2 Å². The summed E-state index contributed by atoms with van der Waals surface area (Å²) in [5, 5.41) is 3.90. The summed E-state index contributed by atoms with van der Waals surface area (Å²) >= 11 is 12.3. The molecule has 1 N–H and O–H groups in total. The maximum atomic E-state index is 12.6. The summed E-state index contributed by atoms with van der Waals surface area (Å²) in [4.78, 5) is 23.5. The van der Waals surface area contributed by atoms with E-state index in [0.29, 0.717) is 42.0 Å². The van der Waals surface area contributed by atoms with Crippen LogP contribution in [0.3, 0.4) is 0 Å². The number of oxazole rings is 1. The molecule has 2 aromatic heterocycles. The molecule has 6 nitrogen and oxygen atoms in total. The molecule has 0 aliphatic heterocycles. The Labute approximate surface area is 214 Å². The van der Waals surface area contributed by atoms with Crippen molar-refractivity contribution in [2.24, 2.45) is 0 Å². The lowest BCUT2D eigenvalue weighted by Gasteiger charge is -2.28. The van der Waals surface area contributed by atoms with Gasteiger partial charge in [-0.3, -0.25) is 14.7 Å². The predicted molar refractivity (Wildman–Crippen MR) is 137 cm³/mol. The third-order valence-corrected chi connectivity index (χ3v) is 6.45. The van der Waals surface area contributed by atoms with Crippen LogP contribution in [0, 0.1) is 0 Å². The van der Waals surface area contributed by atoms with Crippen molar-refractivity contribution in [3.05, 3.63) is 118 Å². The average molecular weight is 509 g/mol. The van der Waals surface area contributed by atoms with Gasteiger partial charge in [-0.25, -0.2) is 4.98 Å². The standard InChI is InChI=1S/C27H26Cl2N4O2/c1-19(21-7-3-2-4-8-21)33(16-20-10-11-23(28)24(29)15-20)17-26-32-25(18-35-26)27(34)31-14-12-22-9-5-6-13-30-22/h2-11,13,15,18-19H,12,14,16-17H2,1H3,(H,31,34). The lowest BCUT2D eigenvalue weighted by Crippen LogP contribution is -2.27. The van der Waals surface area contributed by atoms with Crippen LogP contribution < -0.4 is 5.32 Å². The van der Waals surface area contributed by atoms with Gasteiger partial charge >= 0.3 is 0 Å². The van der Waals surface area contributed by atoms with Gasteiger partial charge in [0.15, 0.2) is 5.69 Å². The molecule has 1 unspecified atom stereocenters. The molecule has 180 valence electrons. The fourth-order valence-electron chi connectivity index (χ4n) is 3.75. The van der Waals surface area contributed by atoms with Crippen molar-refractivity contribution in [3.63, 3.8) is 0 Å². The number of pyridine rings is 1. The monoisotopic (exact) mass is 508 g/mol. The van der Waals surface area contributed by atoms with Gasteiger partial charge in [0.2, 0.25) is 5.89 Å². The quantitative estimate of drug-likeness (QED) is 0.279. The fraction of sp³-hybridized carbons (Fsp3) is 0.222. The van der Waals surface area contributed by atoms with Crippen LogP contribution in [0.2, 0.25) is 10.0 Å². The van der Waals surface area contributed by atoms with Gasteiger partial charge in [-0.15, -0.1) is 0 Å². The first-order valence-electron chi connectivity index (χ1n) is 11.3. The van der Waals surface area contributed by atoms with Crippen molar-refractivity contribution in [2.75, 3.05) is 6.54 Å². The van der Waals surface area contributed by atoms with Crippen molar-refractivity contribution < 1.29 is 9.21 Å². The minimum Gasteiger partial charge on any atom is -0.447 e. The van der Waals surface area contributed by atoms with E-state index in [0.717, 1.165) is 16.8 Å². The third-order valence-electron chi connectivity index (χ3n) is 5.71. The maximum Gasteiger partial charge on any atom is 0.273 e. The SMILES string of the molecule is CC(c1ccccc1)N(Cc1ccc(Cl)c(Cl)c1)Cc1nc(C(=O)NCCc2ccccn2)co1. The zero-order valence-corrected chi connectivity index (χ0v) is 20.8. The van der Waals surface area contributed by atoms with Crippen LogP contribution in [0.1, 0.15) is 46.2 Å². The number of aromatic nitrogens is 2. The summed E-state index contributed by atoms with van der Waals surface area (Å²) in [7, 11) is 0. The van der Waals surface area contributed by atoms with Crippen molar-refractivity contribution >= 4 is 29.1 Å². The summed E-state index contributed by atoms with van der Waals surface area (Å²) in [6.07, 6.45) is 3.78. The molecule has 8 heteroatoms. The van der Waals surface area contributed by atoms with Gasteiger partial charge in [0.25, 0.3) is 5.91 Å². The average Bonchev–Trinajstić information content (AvgIpc) is 3.35. The normalized spacial score (nSPS) is 12.0. The Morgan fingerprint density at radius 2 is 1.83 bits per heavy atom. The fourth-order valence-corrected chi connectivity index (χ4v) is 4.07. The van der Waals surface area contributed by atoms with Crippen LogP contribution in [-0.2, 0) is 19.5 Å². The van der Waals surface area contributed by atoms with Crippen LogP contribution in [-0.4, -0.2) is 27.3 Å². The van der Waals surface area contributed by atoms with E-state index in [9.17, 15) is 4.79 Å². The predicted octanol–water partition coefficient (Wildman–Crippen LogP) is 6.11. The van der Waals surface area contributed by atoms with Crippen molar-refractivity contribution in [1.29, 1.82) is 0 Å². The zero-order valence-electron chi connectivity index (χ0n) is 19.3. The number of nitrogens with zero attached hydrogens (tertiary/aromatic N) is 3. The molecule has 4 rings (SSSR count). The lowest BCUT2D eigenvalue weighted by molar-refractivity contribution is 0.0949. The molecule has 1 amide bonds. The van der Waals surface area contributed by atoms with Gasteiger partial charge in [0.1, 0.15) is 6.26 Å². The number of carbonyl (C=O) groups excluding carboxylic acids is 1. The van der Waals surface area contributed by atoms with E-state index in [-0.39, 0.29) is 17.6 Å². The van der Waals surface area contributed by atoms with Gasteiger partial charge in [-0.2, -0.15) is 0 Å². The second-order valence-electron chi connectivity index (χ2n) is 8.19. The number of benzene rings is 2. The van der Waals surface area contributed by atoms with E-state index in [1.54, 1.807) is 12.3 Å². The Morgan fingerprint density at radius 3 is 2.57 bits per heavy atom. The third kappa shape index (κ3) is 6.92. The molecular formula is C27H26Cl2N4O2. The van der Waals surface area contributed by atoms with Gasteiger partial charge < -0.3 is 9.73 Å². The Morgan fingerprint density at radius 1 is 1.03 bits per heavy atom. The van der Waals surface area contributed by atoms with Gasteiger partial charge in [-0.05, 0) is 42.3 Å². The van der Waals surface area contributed by atoms with Crippen LogP contribution in [0.5, 0.6) is 0 Å². The Hall–Kier alpha value is -3.19. The molecule has 35 heavy (non-hydrogen) atoms. The van der Waals surface area contributed by atoms with Crippen LogP contribution >= 0.6 is 23.2 Å². The Bertz CT molecular complexity index is 1250. The van der Waals surface area contributed by atoms with Crippen molar-refractivity contribution in [2.45, 2.75) is 32.5 Å². The molecular weight excluding hydrogens is 483 g/mol. The van der Waals surface area contributed by atoms with E-state index in [2.05, 4.69) is 39.2 Å². The molecule has 0 aliphatic rings. The van der Waals surface area contributed by atoms with Crippen molar-refractivity contribution in [3.8, 4) is 0 Å². The molecule has 0 bridgehead atoms. The second-order valence-corrected chi connectivity index (χ2v) is 9.01. The first-order valence-corrected chi connectivity index (χ1v) is 12.1.